The van der Waals surface area contributed by atoms with Crippen LogP contribution in [-0.4, -0.2) is 0 Å². The third-order valence-electron chi connectivity index (χ3n) is 1.69. The molecule has 0 saturated heterocycles. The Labute approximate surface area is 90.5 Å². The highest BCUT2D eigenvalue weighted by molar-refractivity contribution is 9.10. The fraction of sp³-hybridized carbons (Fsp3) is 0.200. The molecule has 0 amide bonds. The third-order valence-corrected chi connectivity index (χ3v) is 2.79. The molecule has 1 aromatic rings. The molecule has 0 aliphatic rings. The fourth-order valence-electron chi connectivity index (χ4n) is 1.05. The molecule has 0 atom stereocenters. The van der Waals surface area contributed by atoms with Gasteiger partial charge >= 0.3 is 0 Å². The van der Waals surface area contributed by atoms with E-state index < -0.39 is 0 Å². The van der Waals surface area contributed by atoms with Crippen LogP contribution in [0, 0.1) is 5.82 Å². The van der Waals surface area contributed by atoms with E-state index in [1.807, 2.05) is 0 Å². The lowest BCUT2D eigenvalue weighted by atomic mass is 10.1. The number of hydrogen-bond acceptors (Lipinski definition) is 0. The average Bonchev–Trinajstić information content (AvgIpc) is 2.09. The summed E-state index contributed by atoms with van der Waals surface area (Å²) in [5.41, 5.74) is 0.880. The number of benzene rings is 1. The third kappa shape index (κ3) is 2.82. The summed E-state index contributed by atoms with van der Waals surface area (Å²) < 4.78 is 13.6. The van der Waals surface area contributed by atoms with E-state index in [0.29, 0.717) is 9.50 Å². The Balaban J connectivity index is 2.98. The molecule has 70 valence electrons. The van der Waals surface area contributed by atoms with E-state index >= 15 is 0 Å². The first-order valence-corrected chi connectivity index (χ1v) is 5.06. The summed E-state index contributed by atoms with van der Waals surface area (Å²) in [5, 5.41) is 0.430. The maximum absolute atomic E-state index is 13.1. The summed E-state index contributed by atoms with van der Waals surface area (Å²) in [7, 11) is 0. The first-order valence-electron chi connectivity index (χ1n) is 3.89. The van der Waals surface area contributed by atoms with Crippen LogP contribution in [0.2, 0.25) is 5.02 Å². The molecule has 0 unspecified atom stereocenters. The maximum Gasteiger partial charge on any atom is 0.139 e. The largest absolute Gasteiger partial charge is 0.206 e. The van der Waals surface area contributed by atoms with Crippen LogP contribution in [0.3, 0.4) is 0 Å². The number of hydrogen-bond donors (Lipinski definition) is 0. The fourth-order valence-corrected chi connectivity index (χ4v) is 1.70. The Hall–Kier alpha value is -0.340. The van der Waals surface area contributed by atoms with Gasteiger partial charge in [-0.3, -0.25) is 0 Å². The lowest BCUT2D eigenvalue weighted by Crippen LogP contribution is -1.89. The van der Waals surface area contributed by atoms with E-state index in [1.54, 1.807) is 12.1 Å². The van der Waals surface area contributed by atoms with Crippen LogP contribution in [0.4, 0.5) is 4.39 Å². The molecule has 1 rings (SSSR count). The molecule has 0 radical (unpaired) electrons. The second-order valence-corrected chi connectivity index (χ2v) is 3.92. The van der Waals surface area contributed by atoms with E-state index in [-0.39, 0.29) is 5.82 Å². The van der Waals surface area contributed by atoms with Crippen molar-refractivity contribution >= 4 is 27.5 Å². The van der Waals surface area contributed by atoms with Crippen molar-refractivity contribution < 1.29 is 4.39 Å². The highest BCUT2D eigenvalue weighted by Gasteiger charge is 2.06. The molecule has 1 aromatic carbocycles. The van der Waals surface area contributed by atoms with Crippen LogP contribution in [0.15, 0.2) is 29.3 Å². The number of rotatable bonds is 3. The normalized spacial score (nSPS) is 10.1. The summed E-state index contributed by atoms with van der Waals surface area (Å²) in [6.45, 7) is 3.61. The smallest absolute Gasteiger partial charge is 0.139 e. The van der Waals surface area contributed by atoms with Gasteiger partial charge in [-0.2, -0.15) is 0 Å². The standard InChI is InChI=1S/C10H9BrClF/c1-2-3-4-7-5-8(12)6-9(13)10(7)11/h2,5-6H,1,3-4H2. The molecule has 3 heteroatoms. The molecule has 0 saturated carbocycles. The Bertz CT molecular complexity index is 323. The zero-order chi connectivity index (χ0) is 9.84. The van der Waals surface area contributed by atoms with Crippen molar-refractivity contribution in [3.63, 3.8) is 0 Å². The zero-order valence-corrected chi connectivity index (χ0v) is 9.33. The second-order valence-electron chi connectivity index (χ2n) is 2.69. The van der Waals surface area contributed by atoms with Gasteiger partial charge in [-0.25, -0.2) is 4.39 Å². The minimum Gasteiger partial charge on any atom is -0.206 e. The molecule has 0 aromatic heterocycles. The summed E-state index contributed by atoms with van der Waals surface area (Å²) in [4.78, 5) is 0. The molecule has 0 fully saturated rings. The van der Waals surface area contributed by atoms with Gasteiger partial charge in [0.05, 0.1) is 4.47 Å². The van der Waals surface area contributed by atoms with Gasteiger partial charge in [0.2, 0.25) is 0 Å². The number of allylic oxidation sites excluding steroid dienone is 1. The zero-order valence-electron chi connectivity index (χ0n) is 6.99. The molecular weight excluding hydrogens is 254 g/mol. The Morgan fingerprint density at radius 3 is 2.85 bits per heavy atom. The van der Waals surface area contributed by atoms with Crippen molar-refractivity contribution in [3.05, 3.63) is 45.7 Å². The van der Waals surface area contributed by atoms with Gasteiger partial charge in [0.1, 0.15) is 5.82 Å². The molecule has 0 spiro atoms. The van der Waals surface area contributed by atoms with Crippen LogP contribution in [0.5, 0.6) is 0 Å². The number of aryl methyl sites for hydroxylation is 1. The van der Waals surface area contributed by atoms with E-state index in [0.717, 1.165) is 18.4 Å². The summed E-state index contributed by atoms with van der Waals surface area (Å²) >= 11 is 8.89. The highest BCUT2D eigenvalue weighted by Crippen LogP contribution is 2.26. The van der Waals surface area contributed by atoms with Crippen LogP contribution in [0.25, 0.3) is 0 Å². The van der Waals surface area contributed by atoms with E-state index in [1.165, 1.54) is 6.07 Å². The van der Waals surface area contributed by atoms with E-state index in [2.05, 4.69) is 22.5 Å². The molecular formula is C10H9BrClF. The maximum atomic E-state index is 13.1. The predicted octanol–water partition coefficient (Wildman–Crippen LogP) is 4.36. The summed E-state index contributed by atoms with van der Waals surface area (Å²) in [6, 6.07) is 3.06. The van der Waals surface area contributed by atoms with Crippen LogP contribution in [-0.2, 0) is 6.42 Å². The number of halogens is 3. The van der Waals surface area contributed by atoms with Crippen LogP contribution < -0.4 is 0 Å². The molecule has 0 heterocycles. The first-order chi connectivity index (χ1) is 6.15. The summed E-state index contributed by atoms with van der Waals surface area (Å²) in [6.07, 6.45) is 3.37. The topological polar surface area (TPSA) is 0 Å². The van der Waals surface area contributed by atoms with Gasteiger partial charge in [-0.05, 0) is 46.5 Å². The van der Waals surface area contributed by atoms with Crippen molar-refractivity contribution in [2.24, 2.45) is 0 Å². The van der Waals surface area contributed by atoms with Crippen molar-refractivity contribution in [1.29, 1.82) is 0 Å². The van der Waals surface area contributed by atoms with Gasteiger partial charge in [0.15, 0.2) is 0 Å². The highest BCUT2D eigenvalue weighted by atomic mass is 79.9. The lowest BCUT2D eigenvalue weighted by Gasteiger charge is -2.04. The van der Waals surface area contributed by atoms with Crippen molar-refractivity contribution in [2.75, 3.05) is 0 Å². The average molecular weight is 264 g/mol. The van der Waals surface area contributed by atoms with E-state index in [4.69, 9.17) is 11.6 Å². The quantitative estimate of drug-likeness (QED) is 0.561. The Kier molecular flexibility index (Phi) is 3.94. The van der Waals surface area contributed by atoms with Crippen LogP contribution >= 0.6 is 27.5 Å². The van der Waals surface area contributed by atoms with Gasteiger partial charge < -0.3 is 0 Å². The van der Waals surface area contributed by atoms with Crippen molar-refractivity contribution in [1.82, 2.24) is 0 Å². The Morgan fingerprint density at radius 2 is 2.23 bits per heavy atom. The molecule has 0 aliphatic carbocycles. The minimum atomic E-state index is -0.313. The lowest BCUT2D eigenvalue weighted by molar-refractivity contribution is 0.618. The van der Waals surface area contributed by atoms with Gasteiger partial charge in [0.25, 0.3) is 0 Å². The van der Waals surface area contributed by atoms with Gasteiger partial charge in [-0.15, -0.1) is 6.58 Å². The van der Waals surface area contributed by atoms with Crippen molar-refractivity contribution in [2.45, 2.75) is 12.8 Å². The minimum absolute atomic E-state index is 0.313. The Morgan fingerprint density at radius 1 is 1.54 bits per heavy atom. The molecule has 0 N–H and O–H groups in total. The SMILES string of the molecule is C=CCCc1cc(Cl)cc(F)c1Br. The van der Waals surface area contributed by atoms with Gasteiger partial charge in [-0.1, -0.05) is 17.7 Å². The second kappa shape index (κ2) is 4.77. The summed E-state index contributed by atoms with van der Waals surface area (Å²) in [5.74, 6) is -0.313. The molecule has 0 aliphatic heterocycles. The molecule has 13 heavy (non-hydrogen) atoms. The van der Waals surface area contributed by atoms with Gasteiger partial charge in [0, 0.05) is 5.02 Å². The molecule has 0 bridgehead atoms. The first kappa shape index (κ1) is 10.7. The molecule has 0 nitrogen and oxygen atoms in total. The monoisotopic (exact) mass is 262 g/mol. The van der Waals surface area contributed by atoms with Crippen molar-refractivity contribution in [3.8, 4) is 0 Å². The van der Waals surface area contributed by atoms with Crippen LogP contribution in [0.1, 0.15) is 12.0 Å². The van der Waals surface area contributed by atoms with E-state index in [9.17, 15) is 4.39 Å². The predicted molar refractivity (Wildman–Crippen MR) is 57.6 cm³/mol.